The minimum absolute atomic E-state index is 0.0671. The molecule has 0 fully saturated rings. The fraction of sp³-hybridized carbons (Fsp3) is 0.220. The number of aliphatic imine (C=N–C) groups is 1. The number of ether oxygens (including phenoxy) is 3. The highest BCUT2D eigenvalue weighted by Gasteiger charge is 2.53. The van der Waals surface area contributed by atoms with Crippen LogP contribution >= 0.6 is 15.9 Å². The van der Waals surface area contributed by atoms with Gasteiger partial charge in [-0.2, -0.15) is 0 Å². The first-order valence-electron chi connectivity index (χ1n) is 16.4. The Hall–Kier alpha value is -4.92. The summed E-state index contributed by atoms with van der Waals surface area (Å²) < 4.78 is 18.8. The Bertz CT molecular complexity index is 1880. The number of nitrogens with zero attached hydrogens (tertiary/aromatic N) is 1. The Morgan fingerprint density at radius 3 is 2.31 bits per heavy atom. The highest BCUT2D eigenvalue weighted by Crippen LogP contribution is 2.44. The summed E-state index contributed by atoms with van der Waals surface area (Å²) in [6.45, 7) is 0.894. The van der Waals surface area contributed by atoms with Gasteiger partial charge in [-0.1, -0.05) is 101 Å². The van der Waals surface area contributed by atoms with Crippen LogP contribution in [-0.4, -0.2) is 49.3 Å². The molecule has 8 heteroatoms. The Labute approximate surface area is 295 Å². The maximum Gasteiger partial charge on any atom is 0.252 e. The second-order valence-electron chi connectivity index (χ2n) is 11.9. The van der Waals surface area contributed by atoms with E-state index in [1.54, 1.807) is 7.11 Å². The molecular formula is C41H39BrN2O5. The van der Waals surface area contributed by atoms with E-state index in [0.29, 0.717) is 44.1 Å². The molecule has 0 radical (unpaired) electrons. The highest BCUT2D eigenvalue weighted by atomic mass is 79.9. The molecule has 0 saturated carbocycles. The first-order chi connectivity index (χ1) is 24.0. The van der Waals surface area contributed by atoms with Crippen LogP contribution in [0.2, 0.25) is 0 Å². The number of hydrogen-bond donors (Lipinski definition) is 2. The van der Waals surface area contributed by atoms with Gasteiger partial charge in [-0.3, -0.25) is 4.79 Å². The third-order valence-corrected chi connectivity index (χ3v) is 9.38. The maximum atomic E-state index is 14.7. The smallest absolute Gasteiger partial charge is 0.252 e. The van der Waals surface area contributed by atoms with Crippen LogP contribution in [0.5, 0.6) is 11.5 Å². The molecule has 5 aromatic rings. The number of aliphatic hydroxyl groups excluding tert-OH is 1. The van der Waals surface area contributed by atoms with Crippen molar-refractivity contribution in [3.05, 3.63) is 154 Å². The lowest BCUT2D eigenvalue weighted by molar-refractivity contribution is -0.128. The van der Waals surface area contributed by atoms with Gasteiger partial charge < -0.3 is 24.6 Å². The maximum absolute atomic E-state index is 14.7. The summed E-state index contributed by atoms with van der Waals surface area (Å²) in [6.07, 6.45) is 0.764. The molecule has 2 N–H and O–H groups in total. The van der Waals surface area contributed by atoms with Gasteiger partial charge in [0.15, 0.2) is 11.6 Å². The normalized spacial score (nSPS) is 16.8. The van der Waals surface area contributed by atoms with Gasteiger partial charge in [0.1, 0.15) is 11.5 Å². The number of rotatable bonds is 14. The molecule has 5 aromatic carbocycles. The van der Waals surface area contributed by atoms with Gasteiger partial charge in [0.25, 0.3) is 5.91 Å². The van der Waals surface area contributed by atoms with E-state index in [2.05, 4.69) is 45.5 Å². The van der Waals surface area contributed by atoms with Crippen LogP contribution in [0.1, 0.15) is 34.8 Å². The first kappa shape index (κ1) is 34.0. The van der Waals surface area contributed by atoms with E-state index >= 15 is 0 Å². The van der Waals surface area contributed by atoms with Gasteiger partial charge in [-0.25, -0.2) is 4.99 Å². The monoisotopic (exact) mass is 718 g/mol. The molecule has 0 saturated heterocycles. The SMILES string of the molecule is COc1cccc(CCNC(=O)[C@]2(Cc3ccccc3Br)N=C(c3ccc(OCCCO)cc3)O[C@@H]2c2ccc(-c3ccccc3)cc2)c1. The summed E-state index contributed by atoms with van der Waals surface area (Å²) in [7, 11) is 1.65. The van der Waals surface area contributed by atoms with E-state index in [1.807, 2.05) is 103 Å². The fourth-order valence-electron chi connectivity index (χ4n) is 6.00. The Kier molecular flexibility index (Phi) is 11.1. The van der Waals surface area contributed by atoms with Crippen molar-refractivity contribution < 1.29 is 24.1 Å². The lowest BCUT2D eigenvalue weighted by Gasteiger charge is -2.31. The molecule has 2 atom stereocenters. The van der Waals surface area contributed by atoms with Crippen LogP contribution in [-0.2, 0) is 22.4 Å². The predicted octanol–water partition coefficient (Wildman–Crippen LogP) is 7.74. The number of halogens is 1. The summed E-state index contributed by atoms with van der Waals surface area (Å²) in [5.41, 5.74) is 4.43. The lowest BCUT2D eigenvalue weighted by Crippen LogP contribution is -2.50. The van der Waals surface area contributed by atoms with Crippen LogP contribution in [0.15, 0.2) is 137 Å². The van der Waals surface area contributed by atoms with Gasteiger partial charge in [-0.05, 0) is 76.7 Å². The lowest BCUT2D eigenvalue weighted by atomic mass is 9.81. The van der Waals surface area contributed by atoms with Crippen molar-refractivity contribution in [3.63, 3.8) is 0 Å². The third kappa shape index (κ3) is 8.04. The van der Waals surface area contributed by atoms with Crippen molar-refractivity contribution in [2.45, 2.75) is 30.9 Å². The van der Waals surface area contributed by atoms with Crippen molar-refractivity contribution in [1.29, 1.82) is 0 Å². The van der Waals surface area contributed by atoms with Gasteiger partial charge >= 0.3 is 0 Å². The molecule has 0 spiro atoms. The molecule has 1 amide bonds. The number of hydrogen-bond acceptors (Lipinski definition) is 6. The van der Waals surface area contributed by atoms with Gasteiger partial charge in [0, 0.05) is 36.0 Å². The van der Waals surface area contributed by atoms with Crippen molar-refractivity contribution in [2.24, 2.45) is 4.99 Å². The van der Waals surface area contributed by atoms with E-state index in [0.717, 1.165) is 43.6 Å². The summed E-state index contributed by atoms with van der Waals surface area (Å²) in [5.74, 6) is 1.62. The third-order valence-electron chi connectivity index (χ3n) is 8.60. The minimum Gasteiger partial charge on any atom is -0.497 e. The van der Waals surface area contributed by atoms with Crippen molar-refractivity contribution in [2.75, 3.05) is 26.9 Å². The summed E-state index contributed by atoms with van der Waals surface area (Å²) in [6, 6.07) is 41.6. The van der Waals surface area contributed by atoms with Crippen molar-refractivity contribution in [3.8, 4) is 22.6 Å². The number of methoxy groups -OCH3 is 1. The molecular weight excluding hydrogens is 680 g/mol. The average Bonchev–Trinajstić information content (AvgIpc) is 3.54. The number of aliphatic hydroxyl groups is 1. The zero-order chi connectivity index (χ0) is 34.1. The van der Waals surface area contributed by atoms with Crippen molar-refractivity contribution in [1.82, 2.24) is 5.32 Å². The molecule has 7 nitrogen and oxygen atoms in total. The molecule has 1 aliphatic rings. The molecule has 0 bridgehead atoms. The standard InChI is InChI=1S/C41H39BrN2O5/c1-47-36-13-7-9-29(27-36)23-24-43-40(46)41(28-34-12-5-6-14-37(34)42)38(32-17-15-31(16-18-32)30-10-3-2-4-11-30)49-39(44-41)33-19-21-35(22-20-33)48-26-8-25-45/h2-7,9-22,27,38,45H,8,23-26,28H2,1H3,(H,43,46)/t38-,41-/m1/s1. The molecule has 250 valence electrons. The molecule has 49 heavy (non-hydrogen) atoms. The van der Waals surface area contributed by atoms with Crippen molar-refractivity contribution >= 4 is 27.7 Å². The predicted molar refractivity (Wildman–Crippen MR) is 196 cm³/mol. The second kappa shape index (κ2) is 16.0. The first-order valence-corrected chi connectivity index (χ1v) is 17.2. The second-order valence-corrected chi connectivity index (χ2v) is 12.8. The quantitative estimate of drug-likeness (QED) is 0.115. The molecule has 0 unspecified atom stereocenters. The van der Waals surface area contributed by atoms with E-state index in [1.165, 1.54) is 0 Å². The number of amides is 1. The fourth-order valence-corrected chi connectivity index (χ4v) is 6.42. The molecule has 6 rings (SSSR count). The Balaban J connectivity index is 1.38. The summed E-state index contributed by atoms with van der Waals surface area (Å²) >= 11 is 3.72. The van der Waals surface area contributed by atoms with E-state index in [9.17, 15) is 4.79 Å². The number of carbonyl (C=O) groups excluding carboxylic acids is 1. The van der Waals surface area contributed by atoms with E-state index in [-0.39, 0.29) is 12.5 Å². The Morgan fingerprint density at radius 1 is 0.857 bits per heavy atom. The average molecular weight is 720 g/mol. The number of benzene rings is 5. The molecule has 1 heterocycles. The topological polar surface area (TPSA) is 89.4 Å². The largest absolute Gasteiger partial charge is 0.497 e. The number of carbonyl (C=O) groups is 1. The number of nitrogens with one attached hydrogen (secondary N) is 1. The van der Waals surface area contributed by atoms with Crippen LogP contribution in [0, 0.1) is 0 Å². The van der Waals surface area contributed by atoms with Gasteiger partial charge in [-0.15, -0.1) is 0 Å². The van der Waals surface area contributed by atoms with E-state index < -0.39 is 11.6 Å². The zero-order valence-corrected chi connectivity index (χ0v) is 28.9. The summed E-state index contributed by atoms with van der Waals surface area (Å²) in [5, 5.41) is 12.3. The summed E-state index contributed by atoms with van der Waals surface area (Å²) in [4.78, 5) is 19.9. The van der Waals surface area contributed by atoms with Crippen LogP contribution < -0.4 is 14.8 Å². The minimum atomic E-state index is -1.32. The Morgan fingerprint density at radius 2 is 1.57 bits per heavy atom. The molecule has 1 aliphatic heterocycles. The van der Waals surface area contributed by atoms with Crippen LogP contribution in [0.4, 0.5) is 0 Å². The zero-order valence-electron chi connectivity index (χ0n) is 27.3. The van der Waals surface area contributed by atoms with Crippen LogP contribution in [0.25, 0.3) is 11.1 Å². The van der Waals surface area contributed by atoms with Gasteiger partial charge in [0.05, 0.1) is 13.7 Å². The van der Waals surface area contributed by atoms with Gasteiger partial charge in [0.2, 0.25) is 5.90 Å². The van der Waals surface area contributed by atoms with Crippen LogP contribution in [0.3, 0.4) is 0 Å². The highest BCUT2D eigenvalue weighted by molar-refractivity contribution is 9.10. The molecule has 0 aromatic heterocycles. The van der Waals surface area contributed by atoms with E-state index in [4.69, 9.17) is 24.3 Å². The molecule has 0 aliphatic carbocycles.